The first-order chi connectivity index (χ1) is 12.2. The van der Waals surface area contributed by atoms with Gasteiger partial charge >= 0.3 is 5.63 Å². The zero-order valence-electron chi connectivity index (χ0n) is 15.4. The number of halogens is 1. The van der Waals surface area contributed by atoms with Crippen molar-refractivity contribution in [3.63, 3.8) is 0 Å². The molecule has 0 atom stereocenters. The van der Waals surface area contributed by atoms with Gasteiger partial charge in [0.05, 0.1) is 7.11 Å². The van der Waals surface area contributed by atoms with Crippen LogP contribution in [0.1, 0.15) is 70.5 Å². The van der Waals surface area contributed by atoms with Gasteiger partial charge in [0.2, 0.25) is 0 Å². The molecule has 2 aromatic rings. The Hall–Kier alpha value is -1.84. The molecule has 0 unspecified atom stereocenters. The summed E-state index contributed by atoms with van der Waals surface area (Å²) < 4.78 is 24.4. The highest BCUT2D eigenvalue weighted by Gasteiger charge is 2.13. The lowest BCUT2D eigenvalue weighted by Gasteiger charge is -2.06. The highest BCUT2D eigenvalue weighted by molar-refractivity contribution is 5.83. The molecule has 0 saturated carbocycles. The summed E-state index contributed by atoms with van der Waals surface area (Å²) in [6.45, 7) is 2.23. The summed E-state index contributed by atoms with van der Waals surface area (Å²) in [4.78, 5) is 12.1. The van der Waals surface area contributed by atoms with Crippen LogP contribution in [-0.4, -0.2) is 7.11 Å². The number of rotatable bonds is 11. The van der Waals surface area contributed by atoms with Crippen molar-refractivity contribution < 1.29 is 13.5 Å². The van der Waals surface area contributed by atoms with Crippen LogP contribution in [0.3, 0.4) is 0 Å². The number of hydrogen-bond donors (Lipinski definition) is 0. The largest absolute Gasteiger partial charge is 0.494 e. The molecule has 0 aliphatic heterocycles. The molecule has 0 aliphatic carbocycles. The van der Waals surface area contributed by atoms with Gasteiger partial charge < -0.3 is 9.15 Å². The van der Waals surface area contributed by atoms with E-state index >= 15 is 0 Å². The van der Waals surface area contributed by atoms with Crippen molar-refractivity contribution in [2.45, 2.75) is 71.1 Å². The van der Waals surface area contributed by atoms with Crippen molar-refractivity contribution in [3.8, 4) is 5.75 Å². The van der Waals surface area contributed by atoms with E-state index in [1.165, 1.54) is 52.1 Å². The quantitative estimate of drug-likeness (QED) is 0.467. The van der Waals surface area contributed by atoms with Crippen LogP contribution >= 0.6 is 0 Å². The lowest BCUT2D eigenvalue weighted by atomic mass is 10.1. The fourth-order valence-corrected chi connectivity index (χ4v) is 3.16. The van der Waals surface area contributed by atoms with Gasteiger partial charge in [-0.2, -0.15) is 0 Å². The molecule has 25 heavy (non-hydrogen) atoms. The minimum absolute atomic E-state index is 0.0322. The van der Waals surface area contributed by atoms with E-state index in [-0.39, 0.29) is 11.1 Å². The first-order valence-corrected chi connectivity index (χ1v) is 9.46. The molecule has 0 bridgehead atoms. The van der Waals surface area contributed by atoms with Crippen molar-refractivity contribution in [2.24, 2.45) is 0 Å². The molecule has 0 amide bonds. The normalized spacial score (nSPS) is 11.2. The van der Waals surface area contributed by atoms with Crippen molar-refractivity contribution in [3.05, 3.63) is 40.2 Å². The lowest BCUT2D eigenvalue weighted by molar-refractivity contribution is 0.387. The number of unbranched alkanes of at least 4 members (excludes halogenated alkanes) is 8. The predicted molar refractivity (Wildman–Crippen MR) is 99.9 cm³/mol. The fourth-order valence-electron chi connectivity index (χ4n) is 3.16. The van der Waals surface area contributed by atoms with Gasteiger partial charge in [-0.25, -0.2) is 9.18 Å². The Labute approximate surface area is 149 Å². The Morgan fingerprint density at radius 3 is 2.28 bits per heavy atom. The second kappa shape index (κ2) is 10.2. The maximum Gasteiger partial charge on any atom is 0.346 e. The summed E-state index contributed by atoms with van der Waals surface area (Å²) in [5.74, 6) is 0.0415. The highest BCUT2D eigenvalue weighted by atomic mass is 19.1. The van der Waals surface area contributed by atoms with Gasteiger partial charge in [-0.1, -0.05) is 64.4 Å². The molecule has 0 N–H and O–H groups in total. The van der Waals surface area contributed by atoms with Gasteiger partial charge in [0, 0.05) is 6.42 Å². The summed E-state index contributed by atoms with van der Waals surface area (Å²) in [5.41, 5.74) is -0.625. The van der Waals surface area contributed by atoms with Crippen LogP contribution in [0.4, 0.5) is 4.39 Å². The third kappa shape index (κ3) is 5.58. The average molecular weight is 348 g/mol. The molecule has 1 heterocycles. The van der Waals surface area contributed by atoms with Gasteiger partial charge in [0.25, 0.3) is 0 Å². The smallest absolute Gasteiger partial charge is 0.346 e. The summed E-state index contributed by atoms with van der Waals surface area (Å²) in [7, 11) is 1.38. The Morgan fingerprint density at radius 2 is 1.64 bits per heavy atom. The van der Waals surface area contributed by atoms with Crippen LogP contribution in [0.2, 0.25) is 0 Å². The molecule has 138 valence electrons. The standard InChI is InChI=1S/C21H29FO3/c1-3-4-5-6-7-8-9-10-11-12-17-15-16-13-14-18(24-2)20(22)19(16)21(23)25-17/h13-15H,3-12H2,1-2H3. The number of aryl methyl sites for hydroxylation is 1. The first-order valence-electron chi connectivity index (χ1n) is 9.46. The van der Waals surface area contributed by atoms with Crippen LogP contribution in [-0.2, 0) is 6.42 Å². The molecule has 3 nitrogen and oxygen atoms in total. The maximum atomic E-state index is 14.2. The summed E-state index contributed by atoms with van der Waals surface area (Å²) in [5, 5.41) is 0.538. The molecule has 1 aromatic heterocycles. The molecule has 0 fully saturated rings. The minimum atomic E-state index is -0.650. The Bertz CT molecular complexity index is 721. The second-order valence-corrected chi connectivity index (χ2v) is 6.62. The number of methoxy groups -OCH3 is 1. The van der Waals surface area contributed by atoms with Gasteiger partial charge in [-0.15, -0.1) is 0 Å². The molecule has 1 aromatic carbocycles. The molecular weight excluding hydrogens is 319 g/mol. The van der Waals surface area contributed by atoms with Crippen molar-refractivity contribution in [1.29, 1.82) is 0 Å². The topological polar surface area (TPSA) is 39.4 Å². The van der Waals surface area contributed by atoms with E-state index < -0.39 is 11.4 Å². The Morgan fingerprint density at radius 1 is 1.00 bits per heavy atom. The van der Waals surface area contributed by atoms with Crippen LogP contribution < -0.4 is 10.4 Å². The zero-order valence-corrected chi connectivity index (χ0v) is 15.4. The monoisotopic (exact) mass is 348 g/mol. The van der Waals surface area contributed by atoms with Crippen LogP contribution in [0.5, 0.6) is 5.75 Å². The van der Waals surface area contributed by atoms with Gasteiger partial charge in [-0.05, 0) is 23.9 Å². The van der Waals surface area contributed by atoms with Crippen LogP contribution in [0, 0.1) is 5.82 Å². The molecule has 4 heteroatoms. The SMILES string of the molecule is CCCCCCCCCCCc1cc2ccc(OC)c(F)c2c(=O)o1. The Kier molecular flexibility index (Phi) is 7.96. The molecule has 0 spiro atoms. The third-order valence-corrected chi connectivity index (χ3v) is 4.63. The average Bonchev–Trinajstić information content (AvgIpc) is 2.60. The molecule has 0 radical (unpaired) electrons. The van der Waals surface area contributed by atoms with E-state index in [0.717, 1.165) is 12.8 Å². The molecular formula is C21H29FO3. The summed E-state index contributed by atoms with van der Waals surface area (Å²) >= 11 is 0. The van der Waals surface area contributed by atoms with Crippen LogP contribution in [0.15, 0.2) is 27.4 Å². The van der Waals surface area contributed by atoms with Crippen molar-refractivity contribution in [1.82, 2.24) is 0 Å². The number of benzene rings is 1. The van der Waals surface area contributed by atoms with E-state index in [2.05, 4.69) is 6.92 Å². The third-order valence-electron chi connectivity index (χ3n) is 4.63. The van der Waals surface area contributed by atoms with E-state index in [4.69, 9.17) is 9.15 Å². The van der Waals surface area contributed by atoms with E-state index in [0.29, 0.717) is 17.6 Å². The predicted octanol–water partition coefficient (Wildman–Crippen LogP) is 6.01. The van der Waals surface area contributed by atoms with E-state index in [9.17, 15) is 9.18 Å². The number of hydrogen-bond acceptors (Lipinski definition) is 3. The first kappa shape index (κ1) is 19.5. The van der Waals surface area contributed by atoms with E-state index in [1.807, 2.05) is 0 Å². The van der Waals surface area contributed by atoms with Crippen molar-refractivity contribution >= 4 is 10.8 Å². The lowest BCUT2D eigenvalue weighted by Crippen LogP contribution is -2.05. The van der Waals surface area contributed by atoms with Gasteiger partial charge in [-0.3, -0.25) is 0 Å². The van der Waals surface area contributed by atoms with E-state index in [1.54, 1.807) is 18.2 Å². The number of fused-ring (bicyclic) bond motifs is 1. The highest BCUT2D eigenvalue weighted by Crippen LogP contribution is 2.25. The van der Waals surface area contributed by atoms with Crippen molar-refractivity contribution in [2.75, 3.05) is 7.11 Å². The maximum absolute atomic E-state index is 14.2. The molecule has 0 aliphatic rings. The fraction of sp³-hybridized carbons (Fsp3) is 0.571. The zero-order chi connectivity index (χ0) is 18.1. The van der Waals surface area contributed by atoms with Crippen LogP contribution in [0.25, 0.3) is 10.8 Å². The summed E-state index contributed by atoms with van der Waals surface area (Å²) in [6, 6.07) is 5.01. The van der Waals surface area contributed by atoms with Gasteiger partial charge in [0.1, 0.15) is 11.1 Å². The molecule has 2 rings (SSSR count). The minimum Gasteiger partial charge on any atom is -0.494 e. The Balaban J connectivity index is 1.83. The number of ether oxygens (including phenoxy) is 1. The second-order valence-electron chi connectivity index (χ2n) is 6.62. The summed E-state index contributed by atoms with van der Waals surface area (Å²) in [6.07, 6.45) is 11.9. The molecule has 0 saturated heterocycles. The van der Waals surface area contributed by atoms with Gasteiger partial charge in [0.15, 0.2) is 11.6 Å².